The molecule has 0 heterocycles. The lowest BCUT2D eigenvalue weighted by Gasteiger charge is -2.27. The van der Waals surface area contributed by atoms with E-state index in [1.165, 1.54) is 0 Å². The summed E-state index contributed by atoms with van der Waals surface area (Å²) in [4.78, 5) is 0.418. The Bertz CT molecular complexity index is 581. The van der Waals surface area contributed by atoms with Gasteiger partial charge < -0.3 is 5.73 Å². The average molecular weight is 296 g/mol. The third-order valence-corrected chi connectivity index (χ3v) is 6.11. The maximum absolute atomic E-state index is 13.0. The van der Waals surface area contributed by atoms with E-state index < -0.39 is 10.0 Å². The monoisotopic (exact) mass is 296 g/mol. The molecular formula is C15H24N2O2S. The van der Waals surface area contributed by atoms with Crippen molar-refractivity contribution >= 4 is 15.7 Å². The number of anilines is 1. The Balaban J connectivity index is 2.47. The zero-order valence-corrected chi connectivity index (χ0v) is 13.5. The Morgan fingerprint density at radius 3 is 2.15 bits per heavy atom. The molecule has 0 saturated heterocycles. The molecule has 20 heavy (non-hydrogen) atoms. The van der Waals surface area contributed by atoms with Crippen LogP contribution in [0.25, 0.3) is 0 Å². The van der Waals surface area contributed by atoms with Gasteiger partial charge in [0.05, 0.1) is 4.90 Å². The minimum Gasteiger partial charge on any atom is -0.399 e. The van der Waals surface area contributed by atoms with Crippen molar-refractivity contribution in [2.45, 2.75) is 51.5 Å². The molecule has 2 N–H and O–H groups in total. The first-order chi connectivity index (χ1) is 9.23. The number of sulfonamides is 1. The summed E-state index contributed by atoms with van der Waals surface area (Å²) in [6.07, 6.45) is 2.27. The van der Waals surface area contributed by atoms with Crippen LogP contribution < -0.4 is 5.73 Å². The number of nitrogens with zero attached hydrogens (tertiary/aromatic N) is 1. The summed E-state index contributed by atoms with van der Waals surface area (Å²) in [5.41, 5.74) is 7.85. The van der Waals surface area contributed by atoms with Gasteiger partial charge in [-0.3, -0.25) is 0 Å². The van der Waals surface area contributed by atoms with Crippen molar-refractivity contribution in [3.63, 3.8) is 0 Å². The molecule has 1 fully saturated rings. The van der Waals surface area contributed by atoms with E-state index in [0.29, 0.717) is 23.0 Å². The highest BCUT2D eigenvalue weighted by atomic mass is 32.2. The maximum Gasteiger partial charge on any atom is 0.243 e. The second kappa shape index (κ2) is 5.37. The van der Waals surface area contributed by atoms with Crippen molar-refractivity contribution in [1.29, 1.82) is 0 Å². The van der Waals surface area contributed by atoms with E-state index in [2.05, 4.69) is 0 Å². The second-order valence-corrected chi connectivity index (χ2v) is 7.92. The van der Waals surface area contributed by atoms with Crippen LogP contribution in [0.15, 0.2) is 17.0 Å². The summed E-state index contributed by atoms with van der Waals surface area (Å²) in [5, 5.41) is 0. The number of nitrogen functional groups attached to an aromatic ring is 1. The van der Waals surface area contributed by atoms with Gasteiger partial charge in [0.2, 0.25) is 10.0 Å². The fourth-order valence-electron chi connectivity index (χ4n) is 2.65. The number of nitrogens with two attached hydrogens (primary N) is 1. The molecule has 0 aliphatic heterocycles. The summed E-state index contributed by atoms with van der Waals surface area (Å²) >= 11 is 0. The molecular weight excluding hydrogens is 272 g/mol. The highest BCUT2D eigenvalue weighted by Crippen LogP contribution is 2.34. The molecule has 1 saturated carbocycles. The largest absolute Gasteiger partial charge is 0.399 e. The second-order valence-electron chi connectivity index (χ2n) is 6.10. The first kappa shape index (κ1) is 15.3. The topological polar surface area (TPSA) is 63.4 Å². The Labute approximate surface area is 122 Å². The standard InChI is InChI=1S/C15H24N2O2S/c1-10(2)17(9-13-5-6-13)20(18,19)15-11(3)7-14(16)8-12(15)4/h7-8,10,13H,5-6,9,16H2,1-4H3. The molecule has 0 atom stereocenters. The highest BCUT2D eigenvalue weighted by molar-refractivity contribution is 7.89. The number of rotatable bonds is 5. The summed E-state index contributed by atoms with van der Waals surface area (Å²) in [5.74, 6) is 0.529. The summed E-state index contributed by atoms with van der Waals surface area (Å²) in [7, 11) is -3.46. The Kier molecular flexibility index (Phi) is 4.12. The molecule has 2 rings (SSSR count). The van der Waals surface area contributed by atoms with Crippen molar-refractivity contribution in [2.75, 3.05) is 12.3 Å². The van der Waals surface area contributed by atoms with Gasteiger partial charge in [-0.1, -0.05) is 0 Å². The SMILES string of the molecule is Cc1cc(N)cc(C)c1S(=O)(=O)N(CC1CC1)C(C)C. The molecule has 112 valence electrons. The van der Waals surface area contributed by atoms with Gasteiger partial charge in [-0.05, 0) is 69.7 Å². The lowest BCUT2D eigenvalue weighted by molar-refractivity contribution is 0.341. The van der Waals surface area contributed by atoms with E-state index >= 15 is 0 Å². The normalized spacial score (nSPS) is 16.1. The van der Waals surface area contributed by atoms with Crippen LogP contribution in [0.3, 0.4) is 0 Å². The fourth-order valence-corrected chi connectivity index (χ4v) is 4.78. The maximum atomic E-state index is 13.0. The number of hydrogen-bond donors (Lipinski definition) is 1. The predicted molar refractivity (Wildman–Crippen MR) is 82.1 cm³/mol. The van der Waals surface area contributed by atoms with Gasteiger partial charge in [-0.2, -0.15) is 4.31 Å². The van der Waals surface area contributed by atoms with Crippen LogP contribution in [0.1, 0.15) is 37.8 Å². The van der Waals surface area contributed by atoms with Crippen molar-refractivity contribution in [2.24, 2.45) is 5.92 Å². The fraction of sp³-hybridized carbons (Fsp3) is 0.600. The van der Waals surface area contributed by atoms with E-state index in [4.69, 9.17) is 5.73 Å². The lowest BCUT2D eigenvalue weighted by Crippen LogP contribution is -2.39. The molecule has 0 spiro atoms. The van der Waals surface area contributed by atoms with E-state index in [9.17, 15) is 8.42 Å². The quantitative estimate of drug-likeness (QED) is 0.850. The number of hydrogen-bond acceptors (Lipinski definition) is 3. The van der Waals surface area contributed by atoms with Crippen LogP contribution in [0.5, 0.6) is 0 Å². The van der Waals surface area contributed by atoms with Crippen LogP contribution in [0.4, 0.5) is 5.69 Å². The molecule has 1 aromatic carbocycles. The van der Waals surface area contributed by atoms with Crippen molar-refractivity contribution in [3.05, 3.63) is 23.3 Å². The van der Waals surface area contributed by atoms with E-state index in [0.717, 1.165) is 24.0 Å². The molecule has 5 heteroatoms. The van der Waals surface area contributed by atoms with Gasteiger partial charge in [0.1, 0.15) is 0 Å². The zero-order valence-electron chi connectivity index (χ0n) is 12.7. The molecule has 0 radical (unpaired) electrons. The van der Waals surface area contributed by atoms with E-state index in [1.54, 1.807) is 16.4 Å². The first-order valence-corrected chi connectivity index (χ1v) is 8.56. The molecule has 0 bridgehead atoms. The Morgan fingerprint density at radius 1 is 1.25 bits per heavy atom. The lowest BCUT2D eigenvalue weighted by atomic mass is 10.1. The van der Waals surface area contributed by atoms with Gasteiger partial charge in [-0.15, -0.1) is 0 Å². The van der Waals surface area contributed by atoms with Crippen LogP contribution >= 0.6 is 0 Å². The van der Waals surface area contributed by atoms with Gasteiger partial charge >= 0.3 is 0 Å². The minimum atomic E-state index is -3.46. The minimum absolute atomic E-state index is 0.0306. The van der Waals surface area contributed by atoms with Crippen LogP contribution in [0, 0.1) is 19.8 Å². The summed E-state index contributed by atoms with van der Waals surface area (Å²) in [6.45, 7) is 8.12. The van der Waals surface area contributed by atoms with E-state index in [-0.39, 0.29) is 6.04 Å². The Morgan fingerprint density at radius 2 is 1.75 bits per heavy atom. The number of benzene rings is 1. The van der Waals surface area contributed by atoms with Crippen LogP contribution in [-0.4, -0.2) is 25.3 Å². The molecule has 1 aromatic rings. The average Bonchev–Trinajstić information content (AvgIpc) is 3.06. The number of aryl methyl sites for hydroxylation is 2. The smallest absolute Gasteiger partial charge is 0.243 e. The third kappa shape index (κ3) is 2.99. The third-order valence-electron chi connectivity index (χ3n) is 3.76. The van der Waals surface area contributed by atoms with Gasteiger partial charge in [0.25, 0.3) is 0 Å². The highest BCUT2D eigenvalue weighted by Gasteiger charge is 2.34. The van der Waals surface area contributed by atoms with Crippen molar-refractivity contribution in [3.8, 4) is 0 Å². The van der Waals surface area contributed by atoms with Crippen LogP contribution in [-0.2, 0) is 10.0 Å². The molecule has 1 aliphatic carbocycles. The summed E-state index contributed by atoms with van der Waals surface area (Å²) < 4.78 is 27.6. The van der Waals surface area contributed by atoms with Crippen molar-refractivity contribution < 1.29 is 8.42 Å². The Hall–Kier alpha value is -1.07. The van der Waals surface area contributed by atoms with Gasteiger partial charge in [0, 0.05) is 18.3 Å². The molecule has 0 amide bonds. The predicted octanol–water partition coefficient (Wildman–Crippen LogP) is 2.69. The summed E-state index contributed by atoms with van der Waals surface area (Å²) in [6, 6.07) is 3.43. The first-order valence-electron chi connectivity index (χ1n) is 7.12. The molecule has 1 aliphatic rings. The molecule has 4 nitrogen and oxygen atoms in total. The zero-order chi connectivity index (χ0) is 15.1. The van der Waals surface area contributed by atoms with Crippen LogP contribution in [0.2, 0.25) is 0 Å². The molecule has 0 aromatic heterocycles. The van der Waals surface area contributed by atoms with E-state index in [1.807, 2.05) is 27.7 Å². The van der Waals surface area contributed by atoms with Gasteiger partial charge in [0.15, 0.2) is 0 Å². The van der Waals surface area contributed by atoms with Crippen molar-refractivity contribution in [1.82, 2.24) is 4.31 Å². The van der Waals surface area contributed by atoms with Gasteiger partial charge in [-0.25, -0.2) is 8.42 Å². The molecule has 0 unspecified atom stereocenters.